The van der Waals surface area contributed by atoms with Crippen molar-refractivity contribution in [1.29, 1.82) is 0 Å². The molecule has 1 N–H and O–H groups in total. The highest BCUT2D eigenvalue weighted by atomic mass is 32.1. The molecular formula is C11H16N2O2S. The summed E-state index contributed by atoms with van der Waals surface area (Å²) in [5.41, 5.74) is 0.339. The first-order valence-electron chi connectivity index (χ1n) is 4.99. The predicted molar refractivity (Wildman–Crippen MR) is 66.7 cm³/mol. The molecule has 1 heterocycles. The third-order valence-electron chi connectivity index (χ3n) is 1.47. The summed E-state index contributed by atoms with van der Waals surface area (Å²) in [6, 6.07) is 0. The number of carbonyl (C=O) groups excluding carboxylic acids is 1. The molecule has 1 rings (SSSR count). The standard InChI is InChI=1S/C11H16N2O2S/c1-5-6-8-7-16-9(12-8)13-10(14)15-11(2,3)4/h5-7H,1-4H3,(H,12,13,14)/b6-5+. The number of hydrogen-bond acceptors (Lipinski definition) is 4. The molecule has 0 saturated heterocycles. The van der Waals surface area contributed by atoms with Crippen LogP contribution in [0, 0.1) is 0 Å². The van der Waals surface area contributed by atoms with Crippen molar-refractivity contribution < 1.29 is 9.53 Å². The van der Waals surface area contributed by atoms with Gasteiger partial charge in [-0.2, -0.15) is 0 Å². The molecule has 0 spiro atoms. The van der Waals surface area contributed by atoms with Crippen LogP contribution in [0.3, 0.4) is 0 Å². The van der Waals surface area contributed by atoms with Gasteiger partial charge in [-0.1, -0.05) is 6.08 Å². The van der Waals surface area contributed by atoms with Crippen molar-refractivity contribution in [3.05, 3.63) is 17.2 Å². The van der Waals surface area contributed by atoms with Crippen LogP contribution in [0.15, 0.2) is 11.5 Å². The molecule has 0 aliphatic carbocycles. The normalized spacial score (nSPS) is 11.8. The SMILES string of the molecule is C/C=C/c1csc(NC(=O)OC(C)(C)C)n1. The van der Waals surface area contributed by atoms with E-state index in [1.807, 2.05) is 45.2 Å². The number of nitrogens with one attached hydrogen (secondary N) is 1. The van der Waals surface area contributed by atoms with Crippen LogP contribution in [-0.2, 0) is 4.74 Å². The Morgan fingerprint density at radius 3 is 2.81 bits per heavy atom. The molecule has 1 aromatic heterocycles. The van der Waals surface area contributed by atoms with Gasteiger partial charge in [0, 0.05) is 5.38 Å². The van der Waals surface area contributed by atoms with Crippen molar-refractivity contribution in [2.45, 2.75) is 33.3 Å². The minimum absolute atomic E-state index is 0.478. The minimum atomic E-state index is -0.493. The van der Waals surface area contributed by atoms with Crippen LogP contribution < -0.4 is 5.32 Å². The van der Waals surface area contributed by atoms with Crippen LogP contribution in [0.5, 0.6) is 0 Å². The van der Waals surface area contributed by atoms with Gasteiger partial charge in [0.2, 0.25) is 0 Å². The van der Waals surface area contributed by atoms with E-state index in [0.29, 0.717) is 5.13 Å². The molecule has 88 valence electrons. The fourth-order valence-corrected chi connectivity index (χ4v) is 1.65. The Morgan fingerprint density at radius 2 is 2.25 bits per heavy atom. The Kier molecular flexibility index (Phi) is 4.06. The lowest BCUT2D eigenvalue weighted by Crippen LogP contribution is -2.27. The number of carbonyl (C=O) groups is 1. The Labute approximate surface area is 99.3 Å². The van der Waals surface area contributed by atoms with Crippen molar-refractivity contribution in [2.24, 2.45) is 0 Å². The molecule has 5 heteroatoms. The van der Waals surface area contributed by atoms with Crippen molar-refractivity contribution in [1.82, 2.24) is 4.98 Å². The van der Waals surface area contributed by atoms with E-state index in [9.17, 15) is 4.79 Å². The average Bonchev–Trinajstić information content (AvgIpc) is 2.49. The van der Waals surface area contributed by atoms with Gasteiger partial charge >= 0.3 is 6.09 Å². The van der Waals surface area contributed by atoms with E-state index in [2.05, 4.69) is 10.3 Å². The van der Waals surface area contributed by atoms with Gasteiger partial charge in [-0.15, -0.1) is 11.3 Å². The quantitative estimate of drug-likeness (QED) is 0.860. The molecule has 0 saturated carbocycles. The fourth-order valence-electron chi connectivity index (χ4n) is 0.982. The molecule has 1 aromatic rings. The van der Waals surface area contributed by atoms with E-state index < -0.39 is 11.7 Å². The second-order valence-corrected chi connectivity index (χ2v) is 5.06. The fraction of sp³-hybridized carbons (Fsp3) is 0.455. The summed E-state index contributed by atoms with van der Waals surface area (Å²) in [5.74, 6) is 0. The molecule has 0 unspecified atom stereocenters. The van der Waals surface area contributed by atoms with Crippen LogP contribution in [0.25, 0.3) is 6.08 Å². The number of amides is 1. The topological polar surface area (TPSA) is 51.2 Å². The van der Waals surface area contributed by atoms with E-state index >= 15 is 0 Å². The van der Waals surface area contributed by atoms with Crippen molar-refractivity contribution in [3.8, 4) is 0 Å². The first-order chi connectivity index (χ1) is 7.40. The lowest BCUT2D eigenvalue weighted by atomic mass is 10.2. The first kappa shape index (κ1) is 12.7. The highest BCUT2D eigenvalue weighted by Gasteiger charge is 2.16. The first-order valence-corrected chi connectivity index (χ1v) is 5.87. The van der Waals surface area contributed by atoms with Crippen LogP contribution in [-0.4, -0.2) is 16.7 Å². The van der Waals surface area contributed by atoms with E-state index in [0.717, 1.165) is 5.69 Å². The number of anilines is 1. The Hall–Kier alpha value is -1.36. The van der Waals surface area contributed by atoms with Crippen LogP contribution in [0.4, 0.5) is 9.93 Å². The number of rotatable bonds is 2. The third-order valence-corrected chi connectivity index (χ3v) is 2.24. The molecule has 0 fully saturated rings. The predicted octanol–water partition coefficient (Wildman–Crippen LogP) is 3.52. The summed E-state index contributed by atoms with van der Waals surface area (Å²) in [5, 5.41) is 5.00. The molecule has 0 aromatic carbocycles. The smallest absolute Gasteiger partial charge is 0.413 e. The Balaban J connectivity index is 2.56. The zero-order valence-electron chi connectivity index (χ0n) is 9.90. The molecule has 0 bridgehead atoms. The Bertz CT molecular complexity index is 391. The molecule has 0 atom stereocenters. The number of aromatic nitrogens is 1. The summed E-state index contributed by atoms with van der Waals surface area (Å²) in [6.45, 7) is 7.37. The number of hydrogen-bond donors (Lipinski definition) is 1. The molecule has 1 amide bonds. The zero-order chi connectivity index (χ0) is 12.2. The second-order valence-electron chi connectivity index (χ2n) is 4.20. The average molecular weight is 240 g/mol. The number of allylic oxidation sites excluding steroid dienone is 1. The number of nitrogens with zero attached hydrogens (tertiary/aromatic N) is 1. The van der Waals surface area contributed by atoms with Crippen LogP contribution in [0.2, 0.25) is 0 Å². The maximum absolute atomic E-state index is 11.4. The molecule has 0 radical (unpaired) electrons. The summed E-state index contributed by atoms with van der Waals surface area (Å²) < 4.78 is 5.11. The molecular weight excluding hydrogens is 224 g/mol. The summed E-state index contributed by atoms with van der Waals surface area (Å²) in [6.07, 6.45) is 3.29. The minimum Gasteiger partial charge on any atom is -0.444 e. The monoisotopic (exact) mass is 240 g/mol. The van der Waals surface area contributed by atoms with Gasteiger partial charge in [0.05, 0.1) is 5.69 Å². The maximum atomic E-state index is 11.4. The van der Waals surface area contributed by atoms with Crippen molar-refractivity contribution in [2.75, 3.05) is 5.32 Å². The van der Waals surface area contributed by atoms with Gasteiger partial charge in [0.1, 0.15) is 5.60 Å². The van der Waals surface area contributed by atoms with E-state index in [4.69, 9.17) is 4.74 Å². The Morgan fingerprint density at radius 1 is 1.56 bits per heavy atom. The summed E-state index contributed by atoms with van der Waals surface area (Å²) in [7, 11) is 0. The van der Waals surface area contributed by atoms with Gasteiger partial charge < -0.3 is 4.74 Å². The number of ether oxygens (including phenoxy) is 1. The van der Waals surface area contributed by atoms with Gasteiger partial charge in [-0.05, 0) is 33.8 Å². The number of thiazole rings is 1. The summed E-state index contributed by atoms with van der Waals surface area (Å²) >= 11 is 1.37. The van der Waals surface area contributed by atoms with Crippen molar-refractivity contribution in [3.63, 3.8) is 0 Å². The molecule has 4 nitrogen and oxygen atoms in total. The molecule has 16 heavy (non-hydrogen) atoms. The summed E-state index contributed by atoms with van der Waals surface area (Å²) in [4.78, 5) is 15.6. The van der Waals surface area contributed by atoms with Crippen LogP contribution in [0.1, 0.15) is 33.4 Å². The van der Waals surface area contributed by atoms with Crippen molar-refractivity contribution >= 4 is 28.6 Å². The lowest BCUT2D eigenvalue weighted by Gasteiger charge is -2.18. The van der Waals surface area contributed by atoms with E-state index in [1.165, 1.54) is 11.3 Å². The largest absolute Gasteiger partial charge is 0.444 e. The third kappa shape index (κ3) is 4.44. The second kappa shape index (κ2) is 5.12. The van der Waals surface area contributed by atoms with Gasteiger partial charge in [-0.3, -0.25) is 5.32 Å². The molecule has 0 aliphatic rings. The molecule has 0 aliphatic heterocycles. The van der Waals surface area contributed by atoms with Gasteiger partial charge in [-0.25, -0.2) is 9.78 Å². The van der Waals surface area contributed by atoms with E-state index in [-0.39, 0.29) is 0 Å². The highest BCUT2D eigenvalue weighted by molar-refractivity contribution is 7.14. The van der Waals surface area contributed by atoms with Gasteiger partial charge in [0.25, 0.3) is 0 Å². The van der Waals surface area contributed by atoms with E-state index in [1.54, 1.807) is 0 Å². The highest BCUT2D eigenvalue weighted by Crippen LogP contribution is 2.17. The van der Waals surface area contributed by atoms with Gasteiger partial charge in [0.15, 0.2) is 5.13 Å². The maximum Gasteiger partial charge on any atom is 0.413 e. The van der Waals surface area contributed by atoms with Crippen LogP contribution >= 0.6 is 11.3 Å². The lowest BCUT2D eigenvalue weighted by molar-refractivity contribution is 0.0636. The zero-order valence-corrected chi connectivity index (χ0v) is 10.7.